The summed E-state index contributed by atoms with van der Waals surface area (Å²) in [5.41, 5.74) is -0.241. The van der Waals surface area contributed by atoms with Crippen LogP contribution in [0.5, 0.6) is 0 Å². The average molecular weight is 254 g/mol. The predicted molar refractivity (Wildman–Crippen MR) is 55.4 cm³/mol. The number of carbonyl (C=O) groups excluding carboxylic acids is 3. The number of halogens is 2. The molecule has 0 bridgehead atoms. The number of nitrogens with zero attached hydrogens (tertiary/aromatic N) is 1. The fourth-order valence-electron chi connectivity index (χ4n) is 1.64. The molecule has 1 fully saturated rings. The summed E-state index contributed by atoms with van der Waals surface area (Å²) in [6.45, 7) is -0.634. The highest BCUT2D eigenvalue weighted by molar-refractivity contribution is 6.05. The lowest BCUT2D eigenvalue weighted by atomic mass is 10.1. The van der Waals surface area contributed by atoms with Crippen LogP contribution >= 0.6 is 0 Å². The van der Waals surface area contributed by atoms with Gasteiger partial charge in [-0.25, -0.2) is 8.78 Å². The molecule has 0 aliphatic carbocycles. The summed E-state index contributed by atoms with van der Waals surface area (Å²) in [5.74, 6) is -3.82. The van der Waals surface area contributed by atoms with Crippen LogP contribution in [0.15, 0.2) is 18.2 Å². The molecule has 0 spiro atoms. The summed E-state index contributed by atoms with van der Waals surface area (Å²) in [5, 5.41) is 2.02. The van der Waals surface area contributed by atoms with Crippen molar-refractivity contribution in [2.75, 3.05) is 13.1 Å². The second-order valence-electron chi connectivity index (χ2n) is 3.79. The lowest BCUT2D eigenvalue weighted by Crippen LogP contribution is -2.53. The minimum absolute atomic E-state index is 0.241. The third kappa shape index (κ3) is 2.50. The zero-order chi connectivity index (χ0) is 13.3. The summed E-state index contributed by atoms with van der Waals surface area (Å²) >= 11 is 0. The Kier molecular flexibility index (Phi) is 3.05. The molecule has 1 aliphatic rings. The molecule has 1 heterocycles. The first kappa shape index (κ1) is 12.2. The van der Waals surface area contributed by atoms with Crippen molar-refractivity contribution >= 4 is 17.7 Å². The van der Waals surface area contributed by atoms with Crippen molar-refractivity contribution in [3.05, 3.63) is 35.4 Å². The number of benzene rings is 1. The van der Waals surface area contributed by atoms with Crippen LogP contribution in [-0.2, 0) is 9.59 Å². The van der Waals surface area contributed by atoms with Gasteiger partial charge in [0.05, 0.1) is 0 Å². The molecule has 0 radical (unpaired) electrons. The molecular formula is C11H8F2N2O3. The highest BCUT2D eigenvalue weighted by atomic mass is 19.1. The summed E-state index contributed by atoms with van der Waals surface area (Å²) in [6, 6.07) is 2.33. The zero-order valence-electron chi connectivity index (χ0n) is 9.07. The number of hydrogen-bond donors (Lipinski definition) is 1. The van der Waals surface area contributed by atoms with E-state index in [1.807, 2.05) is 5.32 Å². The number of rotatable bonds is 1. The number of hydrogen-bond acceptors (Lipinski definition) is 3. The Balaban J connectivity index is 2.25. The molecule has 2 rings (SSSR count). The van der Waals surface area contributed by atoms with Gasteiger partial charge in [0, 0.05) is 11.6 Å². The Morgan fingerprint density at radius 1 is 1.06 bits per heavy atom. The molecule has 5 nitrogen and oxygen atoms in total. The minimum atomic E-state index is -0.897. The van der Waals surface area contributed by atoms with E-state index in [1.54, 1.807) is 0 Å². The van der Waals surface area contributed by atoms with Crippen molar-refractivity contribution in [3.8, 4) is 0 Å². The Labute approximate surface area is 100 Å². The normalized spacial score (nSPS) is 15.6. The second-order valence-corrected chi connectivity index (χ2v) is 3.79. The van der Waals surface area contributed by atoms with E-state index in [-0.39, 0.29) is 18.7 Å². The van der Waals surface area contributed by atoms with Crippen LogP contribution in [-0.4, -0.2) is 35.7 Å². The topological polar surface area (TPSA) is 66.5 Å². The van der Waals surface area contributed by atoms with Gasteiger partial charge in [-0.1, -0.05) is 0 Å². The van der Waals surface area contributed by atoms with Crippen LogP contribution in [0.1, 0.15) is 10.4 Å². The van der Waals surface area contributed by atoms with E-state index in [4.69, 9.17) is 0 Å². The highest BCUT2D eigenvalue weighted by Gasteiger charge is 2.27. The van der Waals surface area contributed by atoms with Crippen LogP contribution in [0.25, 0.3) is 0 Å². The quantitative estimate of drug-likeness (QED) is 0.721. The van der Waals surface area contributed by atoms with Crippen LogP contribution < -0.4 is 5.32 Å². The lowest BCUT2D eigenvalue weighted by molar-refractivity contribution is -0.135. The number of imide groups is 1. The molecule has 1 aromatic rings. The van der Waals surface area contributed by atoms with Crippen LogP contribution in [0.2, 0.25) is 0 Å². The minimum Gasteiger partial charge on any atom is -0.320 e. The molecule has 1 aromatic carbocycles. The number of amides is 3. The Morgan fingerprint density at radius 2 is 1.56 bits per heavy atom. The Morgan fingerprint density at radius 3 is 2.06 bits per heavy atom. The van der Waals surface area contributed by atoms with Gasteiger partial charge in [0.2, 0.25) is 11.8 Å². The largest absolute Gasteiger partial charge is 0.320 e. The monoisotopic (exact) mass is 254 g/mol. The van der Waals surface area contributed by atoms with E-state index in [9.17, 15) is 23.2 Å². The first-order valence-electron chi connectivity index (χ1n) is 5.04. The Hall–Kier alpha value is -2.31. The van der Waals surface area contributed by atoms with Gasteiger partial charge in [-0.15, -0.1) is 0 Å². The summed E-state index contributed by atoms with van der Waals surface area (Å²) in [4.78, 5) is 34.9. The number of piperazine rings is 1. The maximum Gasteiger partial charge on any atom is 0.255 e. The summed E-state index contributed by atoms with van der Waals surface area (Å²) < 4.78 is 25.9. The van der Waals surface area contributed by atoms with Crippen LogP contribution in [0.3, 0.4) is 0 Å². The van der Waals surface area contributed by atoms with Gasteiger partial charge in [0.25, 0.3) is 5.91 Å². The molecule has 94 valence electrons. The molecular weight excluding hydrogens is 246 g/mol. The van der Waals surface area contributed by atoms with Crippen molar-refractivity contribution in [1.29, 1.82) is 0 Å². The molecule has 3 amide bonds. The lowest BCUT2D eigenvalue weighted by Gasteiger charge is -2.25. The molecule has 1 aliphatic heterocycles. The van der Waals surface area contributed by atoms with E-state index >= 15 is 0 Å². The molecule has 0 aromatic heterocycles. The molecule has 7 heteroatoms. The van der Waals surface area contributed by atoms with Crippen molar-refractivity contribution < 1.29 is 23.2 Å². The van der Waals surface area contributed by atoms with Crippen molar-refractivity contribution in [3.63, 3.8) is 0 Å². The van der Waals surface area contributed by atoms with Gasteiger partial charge in [-0.05, 0) is 12.1 Å². The average Bonchev–Trinajstić information content (AvgIpc) is 2.25. The summed E-state index contributed by atoms with van der Waals surface area (Å²) in [7, 11) is 0. The fraction of sp³-hybridized carbons (Fsp3) is 0.182. The fourth-order valence-corrected chi connectivity index (χ4v) is 1.64. The molecule has 0 unspecified atom stereocenters. The smallest absolute Gasteiger partial charge is 0.255 e. The SMILES string of the molecule is O=C1CN(C(=O)c2cc(F)cc(F)c2)CC(=O)N1. The van der Waals surface area contributed by atoms with Crippen LogP contribution in [0, 0.1) is 11.6 Å². The molecule has 0 saturated carbocycles. The van der Waals surface area contributed by atoms with Crippen molar-refractivity contribution in [1.82, 2.24) is 10.2 Å². The summed E-state index contributed by atoms with van der Waals surface area (Å²) in [6.07, 6.45) is 0. The number of carbonyl (C=O) groups is 3. The van der Waals surface area contributed by atoms with Gasteiger partial charge >= 0.3 is 0 Å². The van der Waals surface area contributed by atoms with E-state index in [2.05, 4.69) is 0 Å². The van der Waals surface area contributed by atoms with Crippen molar-refractivity contribution in [2.24, 2.45) is 0 Å². The number of nitrogens with one attached hydrogen (secondary N) is 1. The van der Waals surface area contributed by atoms with E-state index in [1.165, 1.54) is 0 Å². The van der Waals surface area contributed by atoms with E-state index < -0.39 is 29.4 Å². The third-order valence-electron chi connectivity index (χ3n) is 2.34. The Bertz CT molecular complexity index is 509. The van der Waals surface area contributed by atoms with Gasteiger partial charge in [0.1, 0.15) is 24.7 Å². The third-order valence-corrected chi connectivity index (χ3v) is 2.34. The second kappa shape index (κ2) is 4.52. The maximum absolute atomic E-state index is 13.0. The highest BCUT2D eigenvalue weighted by Crippen LogP contribution is 2.11. The predicted octanol–water partition coefficient (Wildman–Crippen LogP) is 0.0634. The maximum atomic E-state index is 13.0. The van der Waals surface area contributed by atoms with Crippen LogP contribution in [0.4, 0.5) is 8.78 Å². The first-order chi connectivity index (χ1) is 8.45. The van der Waals surface area contributed by atoms with Gasteiger partial charge in [-0.2, -0.15) is 0 Å². The van der Waals surface area contributed by atoms with Gasteiger partial charge < -0.3 is 4.90 Å². The molecule has 1 N–H and O–H groups in total. The zero-order valence-corrected chi connectivity index (χ0v) is 9.07. The molecule has 0 atom stereocenters. The van der Waals surface area contributed by atoms with E-state index in [0.717, 1.165) is 17.0 Å². The first-order valence-corrected chi connectivity index (χ1v) is 5.04. The van der Waals surface area contributed by atoms with Gasteiger partial charge in [-0.3, -0.25) is 19.7 Å². The van der Waals surface area contributed by atoms with Crippen molar-refractivity contribution in [2.45, 2.75) is 0 Å². The molecule has 18 heavy (non-hydrogen) atoms. The van der Waals surface area contributed by atoms with Gasteiger partial charge in [0.15, 0.2) is 0 Å². The van der Waals surface area contributed by atoms with E-state index in [0.29, 0.717) is 6.07 Å². The standard InChI is InChI=1S/C11H8F2N2O3/c12-7-1-6(2-8(13)3-7)11(18)15-4-9(16)14-10(17)5-15/h1-3H,4-5H2,(H,14,16,17). The molecule has 1 saturated heterocycles.